The predicted molar refractivity (Wildman–Crippen MR) is 69.7 cm³/mol. The average Bonchev–Trinajstić information content (AvgIpc) is 2.81. The lowest BCUT2D eigenvalue weighted by atomic mass is 10.2. The molecule has 0 aromatic carbocycles. The molecule has 16 heavy (non-hydrogen) atoms. The molecule has 1 unspecified atom stereocenters. The summed E-state index contributed by atoms with van der Waals surface area (Å²) in [5, 5.41) is 17.0. The number of aromatic nitrogens is 1. The van der Waals surface area contributed by atoms with E-state index >= 15 is 0 Å². The number of halogens is 1. The van der Waals surface area contributed by atoms with Gasteiger partial charge in [0.15, 0.2) is 0 Å². The van der Waals surface area contributed by atoms with Gasteiger partial charge in [-0.3, -0.25) is 4.98 Å². The zero-order valence-corrected chi connectivity index (χ0v) is 10.8. The van der Waals surface area contributed by atoms with Crippen molar-refractivity contribution < 1.29 is 5.11 Å². The van der Waals surface area contributed by atoms with Gasteiger partial charge < -0.3 is 10.4 Å². The number of hydrogen-bond donors (Lipinski definition) is 2. The van der Waals surface area contributed by atoms with Crippen LogP contribution in [-0.4, -0.2) is 16.6 Å². The number of rotatable bonds is 4. The Morgan fingerprint density at radius 3 is 3.06 bits per heavy atom. The third kappa shape index (κ3) is 2.81. The Labute approximate surface area is 106 Å². The van der Waals surface area contributed by atoms with Gasteiger partial charge in [-0.2, -0.15) is 11.3 Å². The third-order valence-electron chi connectivity index (χ3n) is 2.19. The van der Waals surface area contributed by atoms with Crippen LogP contribution in [-0.2, 0) is 0 Å². The number of pyridine rings is 1. The molecule has 84 valence electrons. The topological polar surface area (TPSA) is 45.1 Å². The van der Waals surface area contributed by atoms with Crippen molar-refractivity contribution in [2.24, 2.45) is 0 Å². The van der Waals surface area contributed by atoms with Gasteiger partial charge in [0, 0.05) is 18.9 Å². The molecule has 0 saturated heterocycles. The van der Waals surface area contributed by atoms with Crippen LogP contribution in [0, 0.1) is 0 Å². The van der Waals surface area contributed by atoms with Gasteiger partial charge in [0.05, 0.1) is 16.3 Å². The number of aliphatic hydroxyl groups is 1. The van der Waals surface area contributed by atoms with Crippen molar-refractivity contribution in [3.05, 3.63) is 45.3 Å². The largest absolute Gasteiger partial charge is 0.387 e. The van der Waals surface area contributed by atoms with Crippen LogP contribution in [0.4, 0.5) is 5.69 Å². The maximum absolute atomic E-state index is 9.87. The smallest absolute Gasteiger partial charge is 0.0970 e. The fourth-order valence-corrected chi connectivity index (χ4v) is 2.41. The molecule has 0 aliphatic rings. The van der Waals surface area contributed by atoms with Gasteiger partial charge in [-0.25, -0.2) is 0 Å². The molecule has 2 aromatic heterocycles. The van der Waals surface area contributed by atoms with Crippen molar-refractivity contribution in [2.75, 3.05) is 11.9 Å². The molecule has 0 spiro atoms. The molecule has 0 fully saturated rings. The molecule has 2 rings (SSSR count). The molecule has 0 bridgehead atoms. The molecular weight excluding hydrogens is 288 g/mol. The first-order chi connectivity index (χ1) is 7.77. The summed E-state index contributed by atoms with van der Waals surface area (Å²) in [4.78, 5) is 3.97. The molecular formula is C11H11BrN2OS. The van der Waals surface area contributed by atoms with Gasteiger partial charge >= 0.3 is 0 Å². The Morgan fingerprint density at radius 1 is 1.50 bits per heavy atom. The second-order valence-electron chi connectivity index (χ2n) is 3.31. The van der Waals surface area contributed by atoms with E-state index in [2.05, 4.69) is 26.2 Å². The highest BCUT2D eigenvalue weighted by Crippen LogP contribution is 2.22. The Hall–Kier alpha value is -0.910. The minimum atomic E-state index is -0.480. The summed E-state index contributed by atoms with van der Waals surface area (Å²) in [6, 6.07) is 3.79. The van der Waals surface area contributed by atoms with E-state index in [-0.39, 0.29) is 0 Å². The van der Waals surface area contributed by atoms with Gasteiger partial charge in [0.25, 0.3) is 0 Å². The molecule has 0 aliphatic carbocycles. The average molecular weight is 299 g/mol. The summed E-state index contributed by atoms with van der Waals surface area (Å²) in [7, 11) is 0. The quantitative estimate of drug-likeness (QED) is 0.912. The summed E-state index contributed by atoms with van der Waals surface area (Å²) in [5.74, 6) is 0. The molecule has 2 heterocycles. The molecule has 0 amide bonds. The second-order valence-corrected chi connectivity index (χ2v) is 4.94. The van der Waals surface area contributed by atoms with Crippen molar-refractivity contribution in [2.45, 2.75) is 6.10 Å². The predicted octanol–water partition coefficient (Wildman–Crippen LogP) is 3.05. The lowest BCUT2D eigenvalue weighted by Gasteiger charge is -2.12. The van der Waals surface area contributed by atoms with Crippen molar-refractivity contribution in [3.8, 4) is 0 Å². The third-order valence-corrected chi connectivity index (χ3v) is 3.52. The Balaban J connectivity index is 1.95. The summed E-state index contributed by atoms with van der Waals surface area (Å²) >= 11 is 4.98. The number of hydrogen-bond acceptors (Lipinski definition) is 4. The van der Waals surface area contributed by atoms with Crippen LogP contribution < -0.4 is 5.32 Å². The van der Waals surface area contributed by atoms with Crippen LogP contribution >= 0.6 is 27.3 Å². The molecule has 5 heteroatoms. The number of anilines is 1. The zero-order valence-electron chi connectivity index (χ0n) is 8.43. The van der Waals surface area contributed by atoms with Gasteiger partial charge in [0.2, 0.25) is 0 Å². The van der Waals surface area contributed by atoms with Crippen molar-refractivity contribution in [3.63, 3.8) is 0 Å². The molecule has 1 atom stereocenters. The lowest BCUT2D eigenvalue weighted by Crippen LogP contribution is -2.11. The highest BCUT2D eigenvalue weighted by atomic mass is 79.9. The van der Waals surface area contributed by atoms with E-state index in [9.17, 15) is 5.11 Å². The normalized spacial score (nSPS) is 12.4. The van der Waals surface area contributed by atoms with Crippen LogP contribution in [0.25, 0.3) is 0 Å². The minimum absolute atomic E-state index is 0.480. The summed E-state index contributed by atoms with van der Waals surface area (Å²) < 4.78 is 0.896. The molecule has 2 aromatic rings. The van der Waals surface area contributed by atoms with E-state index in [4.69, 9.17) is 0 Å². The van der Waals surface area contributed by atoms with E-state index in [0.717, 1.165) is 15.7 Å². The van der Waals surface area contributed by atoms with Gasteiger partial charge in [-0.1, -0.05) is 0 Å². The number of thiophene rings is 1. The van der Waals surface area contributed by atoms with Gasteiger partial charge in [0.1, 0.15) is 0 Å². The lowest BCUT2D eigenvalue weighted by molar-refractivity contribution is 0.192. The maximum Gasteiger partial charge on any atom is 0.0970 e. The van der Waals surface area contributed by atoms with Crippen LogP contribution in [0.1, 0.15) is 11.7 Å². The fraction of sp³-hybridized carbons (Fsp3) is 0.182. The van der Waals surface area contributed by atoms with E-state index in [1.54, 1.807) is 23.7 Å². The Morgan fingerprint density at radius 2 is 2.38 bits per heavy atom. The van der Waals surface area contributed by atoms with Crippen LogP contribution in [0.5, 0.6) is 0 Å². The summed E-state index contributed by atoms with van der Waals surface area (Å²) in [6.45, 7) is 0.485. The van der Waals surface area contributed by atoms with Crippen molar-refractivity contribution in [1.29, 1.82) is 0 Å². The minimum Gasteiger partial charge on any atom is -0.387 e. The fourth-order valence-electron chi connectivity index (χ4n) is 1.31. The number of aliphatic hydroxyl groups excluding tert-OH is 1. The van der Waals surface area contributed by atoms with Gasteiger partial charge in [-0.05, 0) is 44.4 Å². The highest BCUT2D eigenvalue weighted by molar-refractivity contribution is 9.10. The standard InChI is InChI=1S/C11H11BrN2OS/c12-9-5-13-3-1-10(9)14-6-11(15)8-2-4-16-7-8/h1-5,7,11,15H,6H2,(H,13,14). The van der Waals surface area contributed by atoms with Crippen LogP contribution in [0.15, 0.2) is 39.8 Å². The zero-order chi connectivity index (χ0) is 11.4. The van der Waals surface area contributed by atoms with Crippen molar-refractivity contribution in [1.82, 2.24) is 4.98 Å². The molecule has 0 radical (unpaired) electrons. The van der Waals surface area contributed by atoms with E-state index < -0.39 is 6.10 Å². The SMILES string of the molecule is OC(CNc1ccncc1Br)c1ccsc1. The number of nitrogens with one attached hydrogen (secondary N) is 1. The van der Waals surface area contributed by atoms with Crippen LogP contribution in [0.3, 0.4) is 0 Å². The molecule has 0 saturated carbocycles. The number of nitrogens with zero attached hydrogens (tertiary/aromatic N) is 1. The maximum atomic E-state index is 9.87. The first kappa shape index (κ1) is 11.6. The van der Waals surface area contributed by atoms with Crippen molar-refractivity contribution >= 4 is 33.0 Å². The monoisotopic (exact) mass is 298 g/mol. The second kappa shape index (κ2) is 5.43. The Kier molecular flexibility index (Phi) is 3.93. The first-order valence-electron chi connectivity index (χ1n) is 4.81. The molecule has 2 N–H and O–H groups in total. The van der Waals surface area contributed by atoms with E-state index in [0.29, 0.717) is 6.54 Å². The summed E-state index contributed by atoms with van der Waals surface area (Å²) in [5.41, 5.74) is 1.88. The van der Waals surface area contributed by atoms with E-state index in [1.807, 2.05) is 22.9 Å². The summed E-state index contributed by atoms with van der Waals surface area (Å²) in [6.07, 6.45) is 2.95. The first-order valence-corrected chi connectivity index (χ1v) is 6.54. The van der Waals surface area contributed by atoms with E-state index in [1.165, 1.54) is 0 Å². The molecule has 0 aliphatic heterocycles. The highest BCUT2D eigenvalue weighted by Gasteiger charge is 2.08. The Bertz CT molecular complexity index is 447. The van der Waals surface area contributed by atoms with Crippen LogP contribution in [0.2, 0.25) is 0 Å². The molecule has 3 nitrogen and oxygen atoms in total. The van der Waals surface area contributed by atoms with Gasteiger partial charge in [-0.15, -0.1) is 0 Å².